The van der Waals surface area contributed by atoms with Crippen molar-refractivity contribution in [2.24, 2.45) is 5.92 Å². The summed E-state index contributed by atoms with van der Waals surface area (Å²) in [7, 11) is 0. The maximum atomic E-state index is 11.9. The molecular formula is C17H31N3O3. The van der Waals surface area contributed by atoms with Crippen molar-refractivity contribution in [3.63, 3.8) is 0 Å². The van der Waals surface area contributed by atoms with Gasteiger partial charge in [0.15, 0.2) is 0 Å². The minimum atomic E-state index is -0.880. The zero-order valence-electron chi connectivity index (χ0n) is 15.2. The normalized spacial score (nSPS) is 15.3. The minimum absolute atomic E-state index is 0.119. The van der Waals surface area contributed by atoms with E-state index in [1.807, 2.05) is 20.8 Å². The maximum Gasteiger partial charge on any atom is 0.314 e. The quantitative estimate of drug-likeness (QED) is 0.686. The summed E-state index contributed by atoms with van der Waals surface area (Å²) >= 11 is 0. The zero-order chi connectivity index (χ0) is 17.6. The Hall–Kier alpha value is -1.56. The molecule has 2 atom stereocenters. The number of aryl methyl sites for hydroxylation is 2. The van der Waals surface area contributed by atoms with E-state index in [1.165, 1.54) is 0 Å². The molecule has 6 heteroatoms. The van der Waals surface area contributed by atoms with Crippen molar-refractivity contribution < 1.29 is 14.4 Å². The van der Waals surface area contributed by atoms with Gasteiger partial charge in [0.1, 0.15) is 5.76 Å². The molecule has 23 heavy (non-hydrogen) atoms. The van der Waals surface area contributed by atoms with E-state index in [4.69, 9.17) is 4.52 Å². The van der Waals surface area contributed by atoms with Crippen LogP contribution in [0.1, 0.15) is 63.5 Å². The highest BCUT2D eigenvalue weighted by Crippen LogP contribution is 2.22. The van der Waals surface area contributed by atoms with Crippen LogP contribution in [0.5, 0.6) is 0 Å². The van der Waals surface area contributed by atoms with Crippen LogP contribution < -0.4 is 10.6 Å². The summed E-state index contributed by atoms with van der Waals surface area (Å²) in [6, 6.07) is -0.270. The first-order valence-electron chi connectivity index (χ1n) is 8.29. The molecule has 0 aliphatic rings. The number of aliphatic hydroxyl groups is 1. The number of hydrogen-bond acceptors (Lipinski definition) is 4. The SMILES string of the molecule is Cc1noc(C)c1C(C)CNC(=O)NCC(C)(O)CCC(C)C. The first-order valence-corrected chi connectivity index (χ1v) is 8.29. The van der Waals surface area contributed by atoms with Crippen molar-refractivity contribution in [1.82, 2.24) is 15.8 Å². The molecule has 1 heterocycles. The Bertz CT molecular complexity index is 490. The molecule has 0 aliphatic carbocycles. The summed E-state index contributed by atoms with van der Waals surface area (Å²) in [5.41, 5.74) is 1.01. The number of carbonyl (C=O) groups excluding carboxylic acids is 1. The number of urea groups is 1. The molecule has 0 radical (unpaired) electrons. The average molecular weight is 325 g/mol. The summed E-state index contributed by atoms with van der Waals surface area (Å²) in [5, 5.41) is 19.8. The molecule has 0 saturated carbocycles. The van der Waals surface area contributed by atoms with Crippen LogP contribution in [0.15, 0.2) is 4.52 Å². The topological polar surface area (TPSA) is 87.4 Å². The smallest absolute Gasteiger partial charge is 0.314 e. The van der Waals surface area contributed by atoms with E-state index in [-0.39, 0.29) is 18.5 Å². The van der Waals surface area contributed by atoms with Crippen LogP contribution in [-0.4, -0.2) is 35.0 Å². The number of aromatic nitrogens is 1. The molecule has 1 aromatic heterocycles. The molecule has 132 valence electrons. The molecule has 0 bridgehead atoms. The van der Waals surface area contributed by atoms with Crippen LogP contribution >= 0.6 is 0 Å². The second kappa shape index (κ2) is 8.34. The van der Waals surface area contributed by atoms with Gasteiger partial charge in [-0.2, -0.15) is 0 Å². The Morgan fingerprint density at radius 2 is 1.96 bits per heavy atom. The first kappa shape index (κ1) is 19.5. The van der Waals surface area contributed by atoms with E-state index in [2.05, 4.69) is 29.6 Å². The lowest BCUT2D eigenvalue weighted by Crippen LogP contribution is -2.45. The van der Waals surface area contributed by atoms with Crippen molar-refractivity contribution in [3.8, 4) is 0 Å². The molecule has 0 aliphatic heterocycles. The molecule has 0 saturated heterocycles. The van der Waals surface area contributed by atoms with E-state index in [0.717, 1.165) is 23.4 Å². The van der Waals surface area contributed by atoms with Crippen molar-refractivity contribution in [3.05, 3.63) is 17.0 Å². The number of nitrogens with one attached hydrogen (secondary N) is 2. The number of hydrogen-bond donors (Lipinski definition) is 3. The second-order valence-corrected chi connectivity index (χ2v) is 7.13. The van der Waals surface area contributed by atoms with E-state index < -0.39 is 5.60 Å². The standard InChI is InChI=1S/C17H31N3O3/c1-11(2)7-8-17(6,22)10-19-16(21)18-9-12(3)15-13(4)20-23-14(15)5/h11-12,22H,7-10H2,1-6H3,(H2,18,19,21). The fourth-order valence-electron chi connectivity index (χ4n) is 2.56. The highest BCUT2D eigenvalue weighted by atomic mass is 16.5. The monoisotopic (exact) mass is 325 g/mol. The van der Waals surface area contributed by atoms with Crippen molar-refractivity contribution in [2.75, 3.05) is 13.1 Å². The summed E-state index contributed by atoms with van der Waals surface area (Å²) in [5.74, 6) is 1.44. The Labute approximate surface area is 139 Å². The summed E-state index contributed by atoms with van der Waals surface area (Å²) in [6.45, 7) is 12.5. The van der Waals surface area contributed by atoms with Crippen molar-refractivity contribution in [2.45, 2.75) is 65.9 Å². The summed E-state index contributed by atoms with van der Waals surface area (Å²) < 4.78 is 5.15. The zero-order valence-corrected chi connectivity index (χ0v) is 15.2. The number of carbonyl (C=O) groups is 1. The van der Waals surface area contributed by atoms with Gasteiger partial charge >= 0.3 is 6.03 Å². The lowest BCUT2D eigenvalue weighted by molar-refractivity contribution is 0.0477. The Morgan fingerprint density at radius 3 is 2.48 bits per heavy atom. The van der Waals surface area contributed by atoms with Crippen LogP contribution in [0.3, 0.4) is 0 Å². The van der Waals surface area contributed by atoms with Crippen molar-refractivity contribution in [1.29, 1.82) is 0 Å². The van der Waals surface area contributed by atoms with E-state index >= 15 is 0 Å². The van der Waals surface area contributed by atoms with Gasteiger partial charge in [0.05, 0.1) is 11.3 Å². The molecule has 3 N–H and O–H groups in total. The Morgan fingerprint density at radius 1 is 1.30 bits per heavy atom. The van der Waals surface area contributed by atoms with E-state index in [9.17, 15) is 9.90 Å². The average Bonchev–Trinajstić information content (AvgIpc) is 2.80. The second-order valence-electron chi connectivity index (χ2n) is 7.13. The number of amides is 2. The van der Waals surface area contributed by atoms with Crippen LogP contribution in [-0.2, 0) is 0 Å². The van der Waals surface area contributed by atoms with Crippen LogP contribution in [0, 0.1) is 19.8 Å². The third-order valence-electron chi connectivity index (χ3n) is 4.04. The Kier molecular flexibility index (Phi) is 7.06. The maximum absolute atomic E-state index is 11.9. The largest absolute Gasteiger partial charge is 0.388 e. The van der Waals surface area contributed by atoms with Gasteiger partial charge in [0, 0.05) is 24.6 Å². The number of nitrogens with zero attached hydrogens (tertiary/aromatic N) is 1. The fourth-order valence-corrected chi connectivity index (χ4v) is 2.56. The van der Waals surface area contributed by atoms with Gasteiger partial charge in [-0.25, -0.2) is 4.79 Å². The van der Waals surface area contributed by atoms with Gasteiger partial charge in [0.25, 0.3) is 0 Å². The van der Waals surface area contributed by atoms with Crippen LogP contribution in [0.25, 0.3) is 0 Å². The highest BCUT2D eigenvalue weighted by molar-refractivity contribution is 5.73. The van der Waals surface area contributed by atoms with Gasteiger partial charge in [0.2, 0.25) is 0 Å². The van der Waals surface area contributed by atoms with E-state index in [1.54, 1.807) is 6.92 Å². The highest BCUT2D eigenvalue weighted by Gasteiger charge is 2.22. The van der Waals surface area contributed by atoms with Gasteiger partial charge < -0.3 is 20.3 Å². The Balaban J connectivity index is 2.37. The molecular weight excluding hydrogens is 294 g/mol. The number of rotatable bonds is 8. The molecule has 1 aromatic rings. The van der Waals surface area contributed by atoms with Crippen LogP contribution in [0.2, 0.25) is 0 Å². The summed E-state index contributed by atoms with van der Waals surface area (Å²) in [4.78, 5) is 11.9. The van der Waals surface area contributed by atoms with Crippen molar-refractivity contribution >= 4 is 6.03 Å². The third-order valence-corrected chi connectivity index (χ3v) is 4.04. The molecule has 2 amide bonds. The third kappa shape index (κ3) is 6.60. The molecule has 1 rings (SSSR count). The lowest BCUT2D eigenvalue weighted by atomic mass is 9.95. The lowest BCUT2D eigenvalue weighted by Gasteiger charge is -2.24. The molecule has 6 nitrogen and oxygen atoms in total. The van der Waals surface area contributed by atoms with E-state index in [0.29, 0.717) is 18.9 Å². The molecule has 0 aromatic carbocycles. The molecule has 0 fully saturated rings. The summed E-state index contributed by atoms with van der Waals surface area (Å²) in [6.07, 6.45) is 1.60. The van der Waals surface area contributed by atoms with Gasteiger partial charge in [-0.3, -0.25) is 0 Å². The fraction of sp³-hybridized carbons (Fsp3) is 0.765. The predicted octanol–water partition coefficient (Wildman–Crippen LogP) is 2.88. The molecule has 0 spiro atoms. The van der Waals surface area contributed by atoms with Crippen LogP contribution in [0.4, 0.5) is 4.79 Å². The van der Waals surface area contributed by atoms with Gasteiger partial charge in [-0.1, -0.05) is 25.9 Å². The predicted molar refractivity (Wildman–Crippen MR) is 90.5 cm³/mol. The van der Waals surface area contributed by atoms with Gasteiger partial charge in [-0.15, -0.1) is 0 Å². The molecule has 2 unspecified atom stereocenters. The minimum Gasteiger partial charge on any atom is -0.388 e. The first-order chi connectivity index (χ1) is 10.6. The van der Waals surface area contributed by atoms with Gasteiger partial charge in [-0.05, 0) is 39.5 Å².